The van der Waals surface area contributed by atoms with Crippen LogP contribution in [0.5, 0.6) is 0 Å². The fourth-order valence-corrected chi connectivity index (χ4v) is 3.85. The van der Waals surface area contributed by atoms with Crippen molar-refractivity contribution in [3.05, 3.63) is 35.8 Å². The lowest BCUT2D eigenvalue weighted by Crippen LogP contribution is -2.38. The molecule has 0 amide bonds. The van der Waals surface area contributed by atoms with E-state index in [1.54, 1.807) is 19.3 Å². The summed E-state index contributed by atoms with van der Waals surface area (Å²) in [5.41, 5.74) is 2.62. The number of fused-ring (bicyclic) bond motifs is 1. The lowest BCUT2D eigenvalue weighted by atomic mass is 10.1. The second kappa shape index (κ2) is 6.45. The molecular formula is C16H21N5O2S. The first-order valence-corrected chi connectivity index (χ1v) is 9.48. The number of aromatic nitrogens is 3. The Kier molecular flexibility index (Phi) is 4.51. The minimum Gasteiger partial charge on any atom is -0.362 e. The van der Waals surface area contributed by atoms with Crippen molar-refractivity contribution in [2.45, 2.75) is 19.9 Å². The van der Waals surface area contributed by atoms with Gasteiger partial charge in [0, 0.05) is 44.2 Å². The molecule has 8 heteroatoms. The van der Waals surface area contributed by atoms with Gasteiger partial charge >= 0.3 is 0 Å². The third-order valence-electron chi connectivity index (χ3n) is 4.11. The molecule has 1 aliphatic rings. The van der Waals surface area contributed by atoms with Crippen molar-refractivity contribution in [2.75, 3.05) is 31.3 Å². The molecule has 0 spiro atoms. The second-order valence-electron chi connectivity index (χ2n) is 5.92. The average Bonchev–Trinajstić information content (AvgIpc) is 2.60. The molecule has 1 aliphatic heterocycles. The van der Waals surface area contributed by atoms with Crippen molar-refractivity contribution in [1.29, 1.82) is 0 Å². The molecule has 0 atom stereocenters. The zero-order valence-corrected chi connectivity index (χ0v) is 14.9. The van der Waals surface area contributed by atoms with E-state index in [-0.39, 0.29) is 5.75 Å². The van der Waals surface area contributed by atoms with Gasteiger partial charge in [-0.2, -0.15) is 4.31 Å². The molecule has 3 heterocycles. The van der Waals surface area contributed by atoms with Gasteiger partial charge in [-0.15, -0.1) is 0 Å². The van der Waals surface area contributed by atoms with Crippen LogP contribution in [0.25, 0.3) is 11.4 Å². The topological polar surface area (TPSA) is 79.3 Å². The number of pyridine rings is 1. The first kappa shape index (κ1) is 16.8. The summed E-state index contributed by atoms with van der Waals surface area (Å²) in [4.78, 5) is 15.4. The standard InChI is InChI=1S/C16H21N5O2S/c1-4-24(22,23)21-9-7-13-14(11-21)18-15(19-16(13)20(2)3)12-6-5-8-17-10-12/h5-6,8,10H,4,7,9,11H2,1-3H3. The second-order valence-corrected chi connectivity index (χ2v) is 8.17. The molecule has 0 saturated carbocycles. The number of rotatable bonds is 4. The van der Waals surface area contributed by atoms with Gasteiger partial charge in [0.15, 0.2) is 5.82 Å². The molecule has 0 fully saturated rings. The van der Waals surface area contributed by atoms with Crippen molar-refractivity contribution in [2.24, 2.45) is 0 Å². The highest BCUT2D eigenvalue weighted by Gasteiger charge is 2.29. The molecule has 0 bridgehead atoms. The van der Waals surface area contributed by atoms with E-state index in [0.717, 1.165) is 22.6 Å². The van der Waals surface area contributed by atoms with Gasteiger partial charge in [0.1, 0.15) is 5.82 Å². The fraction of sp³-hybridized carbons (Fsp3) is 0.438. The summed E-state index contributed by atoms with van der Waals surface area (Å²) in [7, 11) is 0.643. The van der Waals surface area contributed by atoms with Crippen LogP contribution in [0, 0.1) is 0 Å². The van der Waals surface area contributed by atoms with Crippen LogP contribution in [0.3, 0.4) is 0 Å². The Balaban J connectivity index is 2.09. The SMILES string of the molecule is CCS(=O)(=O)N1CCc2c(nc(-c3cccnc3)nc2N(C)C)C1. The van der Waals surface area contributed by atoms with Crippen LogP contribution >= 0.6 is 0 Å². The van der Waals surface area contributed by atoms with Gasteiger partial charge in [0.2, 0.25) is 10.0 Å². The first-order chi connectivity index (χ1) is 11.4. The summed E-state index contributed by atoms with van der Waals surface area (Å²) in [6.45, 7) is 2.43. The third-order valence-corrected chi connectivity index (χ3v) is 5.94. The summed E-state index contributed by atoms with van der Waals surface area (Å²) in [5, 5.41) is 0. The zero-order chi connectivity index (χ0) is 17.3. The van der Waals surface area contributed by atoms with Crippen molar-refractivity contribution in [3.63, 3.8) is 0 Å². The van der Waals surface area contributed by atoms with Crippen LogP contribution in [0.2, 0.25) is 0 Å². The van der Waals surface area contributed by atoms with E-state index in [0.29, 0.717) is 25.3 Å². The number of hydrogen-bond donors (Lipinski definition) is 0. The van der Waals surface area contributed by atoms with E-state index in [9.17, 15) is 8.42 Å². The Morgan fingerprint density at radius 3 is 2.71 bits per heavy atom. The van der Waals surface area contributed by atoms with Crippen LogP contribution < -0.4 is 4.90 Å². The number of hydrogen-bond acceptors (Lipinski definition) is 6. The quantitative estimate of drug-likeness (QED) is 0.830. The predicted molar refractivity (Wildman–Crippen MR) is 93.2 cm³/mol. The molecule has 2 aromatic rings. The lowest BCUT2D eigenvalue weighted by Gasteiger charge is -2.29. The molecule has 24 heavy (non-hydrogen) atoms. The highest BCUT2D eigenvalue weighted by molar-refractivity contribution is 7.89. The Morgan fingerprint density at radius 1 is 1.29 bits per heavy atom. The smallest absolute Gasteiger partial charge is 0.214 e. The average molecular weight is 347 g/mol. The molecule has 0 radical (unpaired) electrons. The van der Waals surface area contributed by atoms with E-state index in [1.165, 1.54) is 4.31 Å². The molecule has 2 aromatic heterocycles. The van der Waals surface area contributed by atoms with E-state index < -0.39 is 10.0 Å². The van der Waals surface area contributed by atoms with Gasteiger partial charge in [-0.05, 0) is 25.5 Å². The van der Waals surface area contributed by atoms with Gasteiger partial charge in [-0.1, -0.05) is 0 Å². The van der Waals surface area contributed by atoms with Gasteiger partial charge in [-0.25, -0.2) is 18.4 Å². The maximum Gasteiger partial charge on any atom is 0.214 e. The van der Waals surface area contributed by atoms with E-state index >= 15 is 0 Å². The molecule has 0 saturated heterocycles. The normalized spacial score (nSPS) is 15.1. The number of anilines is 1. The first-order valence-electron chi connectivity index (χ1n) is 7.87. The summed E-state index contributed by atoms with van der Waals surface area (Å²) in [5.74, 6) is 1.51. The molecule has 0 unspecified atom stereocenters. The Morgan fingerprint density at radius 2 is 2.08 bits per heavy atom. The fourth-order valence-electron chi connectivity index (χ4n) is 2.80. The van der Waals surface area contributed by atoms with Crippen LogP contribution in [0.15, 0.2) is 24.5 Å². The van der Waals surface area contributed by atoms with Crippen LogP contribution in [0.1, 0.15) is 18.2 Å². The van der Waals surface area contributed by atoms with Gasteiger partial charge in [0.05, 0.1) is 18.0 Å². The minimum absolute atomic E-state index is 0.101. The van der Waals surface area contributed by atoms with E-state index in [1.807, 2.05) is 31.1 Å². The number of nitrogens with zero attached hydrogens (tertiary/aromatic N) is 5. The zero-order valence-electron chi connectivity index (χ0n) is 14.1. The molecule has 3 rings (SSSR count). The van der Waals surface area contributed by atoms with Crippen molar-refractivity contribution in [3.8, 4) is 11.4 Å². The summed E-state index contributed by atoms with van der Waals surface area (Å²) >= 11 is 0. The third kappa shape index (κ3) is 3.11. The van der Waals surface area contributed by atoms with E-state index in [2.05, 4.69) is 15.0 Å². The maximum absolute atomic E-state index is 12.2. The molecule has 128 valence electrons. The van der Waals surface area contributed by atoms with Crippen LogP contribution in [0.4, 0.5) is 5.82 Å². The highest BCUT2D eigenvalue weighted by Crippen LogP contribution is 2.29. The Bertz CT molecular complexity index is 837. The Hall–Kier alpha value is -2.06. The highest BCUT2D eigenvalue weighted by atomic mass is 32.2. The summed E-state index contributed by atoms with van der Waals surface area (Å²) in [6.07, 6.45) is 4.03. The Labute approximate surface area is 142 Å². The van der Waals surface area contributed by atoms with Crippen LogP contribution in [-0.4, -0.2) is 54.1 Å². The van der Waals surface area contributed by atoms with Gasteiger partial charge < -0.3 is 4.90 Å². The molecule has 7 nitrogen and oxygen atoms in total. The van der Waals surface area contributed by atoms with Gasteiger partial charge in [0.25, 0.3) is 0 Å². The van der Waals surface area contributed by atoms with Crippen molar-refractivity contribution in [1.82, 2.24) is 19.3 Å². The molecule has 0 N–H and O–H groups in total. The monoisotopic (exact) mass is 347 g/mol. The minimum atomic E-state index is -3.23. The summed E-state index contributed by atoms with van der Waals surface area (Å²) in [6, 6.07) is 3.73. The summed E-state index contributed by atoms with van der Waals surface area (Å²) < 4.78 is 25.9. The molecule has 0 aliphatic carbocycles. The van der Waals surface area contributed by atoms with E-state index in [4.69, 9.17) is 0 Å². The number of sulfonamides is 1. The van der Waals surface area contributed by atoms with Crippen molar-refractivity contribution < 1.29 is 8.42 Å². The maximum atomic E-state index is 12.2. The van der Waals surface area contributed by atoms with Crippen LogP contribution in [-0.2, 0) is 23.0 Å². The van der Waals surface area contributed by atoms with Crippen molar-refractivity contribution >= 4 is 15.8 Å². The molecule has 0 aromatic carbocycles. The molecular weight excluding hydrogens is 326 g/mol. The lowest BCUT2D eigenvalue weighted by molar-refractivity contribution is 0.386. The largest absolute Gasteiger partial charge is 0.362 e. The van der Waals surface area contributed by atoms with Gasteiger partial charge in [-0.3, -0.25) is 4.98 Å². The predicted octanol–water partition coefficient (Wildman–Crippen LogP) is 1.31.